The first-order chi connectivity index (χ1) is 9.81. The van der Waals surface area contributed by atoms with Gasteiger partial charge in [-0.15, -0.1) is 29.1 Å². The van der Waals surface area contributed by atoms with Crippen molar-refractivity contribution in [2.75, 3.05) is 6.61 Å². The molecule has 0 spiro atoms. The van der Waals surface area contributed by atoms with Gasteiger partial charge in [0.25, 0.3) is 0 Å². The Bertz CT molecular complexity index is 612. The summed E-state index contributed by atoms with van der Waals surface area (Å²) in [6.45, 7) is 2.51. The summed E-state index contributed by atoms with van der Waals surface area (Å²) >= 11 is 0. The quantitative estimate of drug-likeness (QED) is 0.365. The monoisotopic (exact) mass is 395 g/mol. The van der Waals surface area contributed by atoms with Crippen molar-refractivity contribution >= 4 is 36.0 Å². The van der Waals surface area contributed by atoms with Crippen molar-refractivity contribution in [1.82, 2.24) is 0 Å². The zero-order chi connectivity index (χ0) is 14.2. The third-order valence-electron chi connectivity index (χ3n) is 2.63. The minimum atomic E-state index is 0. The topological polar surface area (TPSA) is 60.0 Å². The Morgan fingerprint density at radius 1 is 1.10 bits per heavy atom. The Morgan fingerprint density at radius 3 is 2.48 bits per heavy atom. The zero-order valence-electron chi connectivity index (χ0n) is 11.8. The third-order valence-corrected chi connectivity index (χ3v) is 2.63. The predicted molar refractivity (Wildman–Crippen MR) is 97.8 cm³/mol. The molecule has 2 rings (SSSR count). The molecule has 0 atom stereocenters. The Kier molecular flexibility index (Phi) is 7.45. The van der Waals surface area contributed by atoms with Crippen LogP contribution in [0.2, 0.25) is 0 Å². The molecule has 0 aliphatic heterocycles. The number of nitrogens with two attached hydrogens (primary N) is 1. The Hall–Kier alpha value is -1.89. The van der Waals surface area contributed by atoms with Crippen LogP contribution in [0.15, 0.2) is 64.8 Å². The Balaban J connectivity index is 0.00000220. The largest absolute Gasteiger partial charge is 0.493 e. The lowest BCUT2D eigenvalue weighted by Crippen LogP contribution is -2.14. The van der Waals surface area contributed by atoms with Gasteiger partial charge in [0.05, 0.1) is 18.4 Å². The van der Waals surface area contributed by atoms with Crippen molar-refractivity contribution in [1.29, 1.82) is 0 Å². The van der Waals surface area contributed by atoms with E-state index in [1.165, 1.54) is 0 Å². The van der Waals surface area contributed by atoms with E-state index in [1.54, 1.807) is 6.21 Å². The molecule has 5 heteroatoms. The average molecular weight is 395 g/mol. The van der Waals surface area contributed by atoms with Crippen LogP contribution in [-0.4, -0.2) is 18.7 Å². The maximum atomic E-state index is 5.95. The standard InChI is InChI=1S/C16H17N3O.HI/c1-2-20-15-11-7-6-10-14(15)16(17)19-18-12-13-8-4-3-5-9-13;/h3-12H,2H2,1H3,(H2,17,19);1H/b18-12+;. The first-order valence-corrected chi connectivity index (χ1v) is 6.45. The molecule has 0 aromatic heterocycles. The minimum Gasteiger partial charge on any atom is -0.493 e. The van der Waals surface area contributed by atoms with Gasteiger partial charge in [-0.2, -0.15) is 5.10 Å². The summed E-state index contributed by atoms with van der Waals surface area (Å²) in [6.07, 6.45) is 1.66. The van der Waals surface area contributed by atoms with Gasteiger partial charge in [-0.25, -0.2) is 0 Å². The van der Waals surface area contributed by atoms with E-state index in [0.29, 0.717) is 18.2 Å². The molecule has 2 aromatic rings. The van der Waals surface area contributed by atoms with Crippen LogP contribution in [0.3, 0.4) is 0 Å². The highest BCUT2D eigenvalue weighted by Gasteiger charge is 2.05. The molecule has 0 saturated heterocycles. The predicted octanol–water partition coefficient (Wildman–Crippen LogP) is 3.44. The molecule has 0 fully saturated rings. The summed E-state index contributed by atoms with van der Waals surface area (Å²) < 4.78 is 5.51. The smallest absolute Gasteiger partial charge is 0.157 e. The lowest BCUT2D eigenvalue weighted by atomic mass is 10.2. The lowest BCUT2D eigenvalue weighted by Gasteiger charge is -2.08. The molecule has 0 amide bonds. The molecule has 0 saturated carbocycles. The van der Waals surface area contributed by atoms with Gasteiger partial charge < -0.3 is 10.5 Å². The second kappa shape index (κ2) is 9.12. The molecule has 0 unspecified atom stereocenters. The molecule has 110 valence electrons. The third kappa shape index (κ3) is 5.18. The number of ether oxygens (including phenoxy) is 1. The van der Waals surface area contributed by atoms with E-state index in [0.717, 1.165) is 11.1 Å². The number of rotatable bonds is 5. The van der Waals surface area contributed by atoms with Crippen molar-refractivity contribution in [3.05, 3.63) is 65.7 Å². The highest BCUT2D eigenvalue weighted by molar-refractivity contribution is 14.0. The number of nitrogens with zero attached hydrogens (tertiary/aromatic N) is 2. The molecule has 21 heavy (non-hydrogen) atoms. The van der Waals surface area contributed by atoms with Gasteiger partial charge in [-0.3, -0.25) is 0 Å². The van der Waals surface area contributed by atoms with Gasteiger partial charge in [0.15, 0.2) is 5.84 Å². The highest BCUT2D eigenvalue weighted by atomic mass is 127. The first kappa shape index (κ1) is 17.2. The lowest BCUT2D eigenvalue weighted by molar-refractivity contribution is 0.339. The van der Waals surface area contributed by atoms with Crippen molar-refractivity contribution in [2.24, 2.45) is 15.9 Å². The number of hydrogen-bond acceptors (Lipinski definition) is 3. The second-order valence-corrected chi connectivity index (χ2v) is 4.07. The molecule has 4 nitrogen and oxygen atoms in total. The molecule has 0 heterocycles. The van der Waals surface area contributed by atoms with Crippen molar-refractivity contribution < 1.29 is 4.74 Å². The number of para-hydroxylation sites is 1. The SMILES string of the molecule is CCOc1ccccc1C(N)=N/N=C/c1ccccc1.I. The van der Waals surface area contributed by atoms with E-state index in [2.05, 4.69) is 10.2 Å². The summed E-state index contributed by atoms with van der Waals surface area (Å²) in [5, 5.41) is 8.02. The molecule has 0 radical (unpaired) electrons. The van der Waals surface area contributed by atoms with E-state index in [-0.39, 0.29) is 24.0 Å². The molecule has 0 aliphatic carbocycles. The van der Waals surface area contributed by atoms with Crippen molar-refractivity contribution in [3.8, 4) is 5.75 Å². The normalized spacial score (nSPS) is 11.2. The van der Waals surface area contributed by atoms with Crippen LogP contribution in [0.1, 0.15) is 18.1 Å². The van der Waals surface area contributed by atoms with Crippen LogP contribution < -0.4 is 10.5 Å². The van der Waals surface area contributed by atoms with E-state index in [9.17, 15) is 0 Å². The second-order valence-electron chi connectivity index (χ2n) is 4.07. The van der Waals surface area contributed by atoms with Gasteiger partial charge >= 0.3 is 0 Å². The van der Waals surface area contributed by atoms with Crippen LogP contribution in [0.4, 0.5) is 0 Å². The van der Waals surface area contributed by atoms with Crippen LogP contribution in [-0.2, 0) is 0 Å². The number of amidine groups is 1. The first-order valence-electron chi connectivity index (χ1n) is 6.45. The molecular formula is C16H18IN3O. The molecule has 0 bridgehead atoms. The van der Waals surface area contributed by atoms with Crippen molar-refractivity contribution in [2.45, 2.75) is 6.92 Å². The fourth-order valence-corrected chi connectivity index (χ4v) is 1.71. The van der Waals surface area contributed by atoms with Crippen LogP contribution in [0, 0.1) is 0 Å². The molecular weight excluding hydrogens is 377 g/mol. The van der Waals surface area contributed by atoms with Crippen LogP contribution in [0.5, 0.6) is 5.75 Å². The minimum absolute atomic E-state index is 0. The summed E-state index contributed by atoms with van der Waals surface area (Å²) in [4.78, 5) is 0. The fraction of sp³-hybridized carbons (Fsp3) is 0.125. The van der Waals surface area contributed by atoms with Crippen molar-refractivity contribution in [3.63, 3.8) is 0 Å². The highest BCUT2D eigenvalue weighted by Crippen LogP contribution is 2.17. The summed E-state index contributed by atoms with van der Waals surface area (Å²) in [6, 6.07) is 17.2. The van der Waals surface area contributed by atoms with Crippen LogP contribution >= 0.6 is 24.0 Å². The summed E-state index contributed by atoms with van der Waals surface area (Å²) in [5.41, 5.74) is 7.67. The maximum Gasteiger partial charge on any atom is 0.157 e. The van der Waals surface area contributed by atoms with E-state index < -0.39 is 0 Å². The van der Waals surface area contributed by atoms with E-state index in [1.807, 2.05) is 61.5 Å². The Morgan fingerprint density at radius 2 is 1.76 bits per heavy atom. The molecule has 2 N–H and O–H groups in total. The summed E-state index contributed by atoms with van der Waals surface area (Å²) in [5.74, 6) is 1.05. The van der Waals surface area contributed by atoms with Gasteiger partial charge in [-0.1, -0.05) is 42.5 Å². The number of halogens is 1. The van der Waals surface area contributed by atoms with E-state index in [4.69, 9.17) is 10.5 Å². The van der Waals surface area contributed by atoms with Gasteiger partial charge in [-0.05, 0) is 24.6 Å². The van der Waals surface area contributed by atoms with Gasteiger partial charge in [0.1, 0.15) is 5.75 Å². The van der Waals surface area contributed by atoms with E-state index >= 15 is 0 Å². The molecule has 0 aliphatic rings. The van der Waals surface area contributed by atoms with Crippen LogP contribution in [0.25, 0.3) is 0 Å². The van der Waals surface area contributed by atoms with Gasteiger partial charge in [0, 0.05) is 0 Å². The summed E-state index contributed by atoms with van der Waals surface area (Å²) in [7, 11) is 0. The average Bonchev–Trinajstić information content (AvgIpc) is 2.49. The number of benzene rings is 2. The molecule has 2 aromatic carbocycles. The number of hydrogen-bond donors (Lipinski definition) is 1. The van der Waals surface area contributed by atoms with Gasteiger partial charge in [0.2, 0.25) is 0 Å². The Labute approximate surface area is 141 Å². The fourth-order valence-electron chi connectivity index (χ4n) is 1.71. The maximum absolute atomic E-state index is 5.95. The zero-order valence-corrected chi connectivity index (χ0v) is 14.1.